The van der Waals surface area contributed by atoms with Crippen molar-refractivity contribution in [2.45, 2.75) is 32.1 Å². The molecule has 0 aliphatic rings. The molecule has 0 atom stereocenters. The van der Waals surface area contributed by atoms with E-state index < -0.39 is 5.92 Å². The van der Waals surface area contributed by atoms with E-state index in [2.05, 4.69) is 5.32 Å². The Hall–Kier alpha value is -0.960. The third-order valence-corrected chi connectivity index (χ3v) is 2.58. The van der Waals surface area contributed by atoms with Crippen LogP contribution in [0.3, 0.4) is 0 Å². The predicted octanol–water partition coefficient (Wildman–Crippen LogP) is 3.34. The molecule has 0 heterocycles. The van der Waals surface area contributed by atoms with Gasteiger partial charge in [0.15, 0.2) is 0 Å². The maximum atomic E-state index is 13.6. The number of benzene rings is 1. The van der Waals surface area contributed by atoms with Crippen molar-refractivity contribution < 1.29 is 8.78 Å². The van der Waals surface area contributed by atoms with Gasteiger partial charge in [-0.1, -0.05) is 31.5 Å². The molecule has 0 aliphatic carbocycles. The first-order chi connectivity index (χ1) is 7.60. The Morgan fingerprint density at radius 1 is 1.31 bits per heavy atom. The van der Waals surface area contributed by atoms with E-state index in [0.29, 0.717) is 6.42 Å². The van der Waals surface area contributed by atoms with Crippen molar-refractivity contribution in [3.8, 4) is 0 Å². The van der Waals surface area contributed by atoms with Gasteiger partial charge >= 0.3 is 0 Å². The Morgan fingerprint density at radius 2 is 2.06 bits per heavy atom. The van der Waals surface area contributed by atoms with Crippen LogP contribution in [0.15, 0.2) is 24.3 Å². The van der Waals surface area contributed by atoms with Crippen LogP contribution in [0.2, 0.25) is 0 Å². The molecule has 0 spiro atoms. The number of alkyl halides is 2. The topological polar surface area (TPSA) is 12.0 Å². The average Bonchev–Trinajstić information content (AvgIpc) is 2.27. The zero-order valence-electron chi connectivity index (χ0n) is 9.89. The number of nitrogens with one attached hydrogen (secondary N) is 1. The van der Waals surface area contributed by atoms with E-state index in [4.69, 9.17) is 0 Å². The minimum Gasteiger partial charge on any atom is -0.319 e. The smallest absolute Gasteiger partial charge is 0.273 e. The summed E-state index contributed by atoms with van der Waals surface area (Å²) in [6.45, 7) is 2.58. The van der Waals surface area contributed by atoms with Crippen LogP contribution in [0, 0.1) is 0 Å². The Morgan fingerprint density at radius 3 is 2.69 bits per heavy atom. The summed E-state index contributed by atoms with van der Waals surface area (Å²) in [5, 5.41) is 3.01. The fourth-order valence-corrected chi connectivity index (χ4v) is 1.68. The van der Waals surface area contributed by atoms with Gasteiger partial charge in [0.05, 0.1) is 0 Å². The lowest BCUT2D eigenvalue weighted by Gasteiger charge is -2.16. The van der Waals surface area contributed by atoms with Crippen LogP contribution in [0.1, 0.15) is 30.9 Å². The van der Waals surface area contributed by atoms with Crippen LogP contribution in [0.5, 0.6) is 0 Å². The van der Waals surface area contributed by atoms with Crippen molar-refractivity contribution in [3.63, 3.8) is 0 Å². The van der Waals surface area contributed by atoms with Crippen LogP contribution >= 0.6 is 0 Å². The number of hydrogen-bond donors (Lipinski definition) is 1. The Kier molecular flexibility index (Phi) is 4.87. The number of rotatable bonds is 6. The molecule has 1 aromatic carbocycles. The molecule has 90 valence electrons. The standard InChI is InChI=1S/C13H19F2N/c1-3-8-13(14,15)12-6-4-5-11(10-12)7-9-16-2/h4-6,10,16H,3,7-9H2,1-2H3. The molecule has 1 rings (SSSR count). The minimum atomic E-state index is -2.69. The molecule has 0 aliphatic heterocycles. The first-order valence-electron chi connectivity index (χ1n) is 5.72. The van der Waals surface area contributed by atoms with Gasteiger partial charge in [-0.25, -0.2) is 8.78 Å². The van der Waals surface area contributed by atoms with Gasteiger partial charge in [0.25, 0.3) is 5.92 Å². The Bertz CT molecular complexity index is 323. The summed E-state index contributed by atoms with van der Waals surface area (Å²) in [7, 11) is 1.86. The summed E-state index contributed by atoms with van der Waals surface area (Å²) in [6, 6.07) is 6.73. The van der Waals surface area contributed by atoms with E-state index in [1.807, 2.05) is 13.1 Å². The van der Waals surface area contributed by atoms with Gasteiger partial charge in [-0.3, -0.25) is 0 Å². The minimum absolute atomic E-state index is 0.0809. The molecular formula is C13H19F2N. The van der Waals surface area contributed by atoms with E-state index in [1.54, 1.807) is 19.1 Å². The van der Waals surface area contributed by atoms with Gasteiger partial charge < -0.3 is 5.32 Å². The molecule has 3 heteroatoms. The van der Waals surface area contributed by atoms with Crippen LogP contribution in [-0.2, 0) is 12.3 Å². The lowest BCUT2D eigenvalue weighted by Crippen LogP contribution is -2.14. The van der Waals surface area contributed by atoms with E-state index in [1.165, 1.54) is 6.07 Å². The quantitative estimate of drug-likeness (QED) is 0.786. The second kappa shape index (κ2) is 5.94. The highest BCUT2D eigenvalue weighted by Crippen LogP contribution is 2.33. The number of hydrogen-bond acceptors (Lipinski definition) is 1. The molecule has 0 aromatic heterocycles. The summed E-state index contributed by atoms with van der Waals surface area (Å²) in [4.78, 5) is 0. The molecule has 1 N–H and O–H groups in total. The van der Waals surface area contributed by atoms with Crippen molar-refractivity contribution in [1.29, 1.82) is 0 Å². The van der Waals surface area contributed by atoms with E-state index in [-0.39, 0.29) is 12.0 Å². The second-order valence-corrected chi connectivity index (χ2v) is 4.01. The maximum Gasteiger partial charge on any atom is 0.273 e. The zero-order valence-corrected chi connectivity index (χ0v) is 9.89. The van der Waals surface area contributed by atoms with Gasteiger partial charge in [-0.2, -0.15) is 0 Å². The molecule has 0 bridgehead atoms. The van der Waals surface area contributed by atoms with Crippen molar-refractivity contribution in [2.24, 2.45) is 0 Å². The first kappa shape index (κ1) is 13.1. The molecular weight excluding hydrogens is 208 g/mol. The Labute approximate surface area is 95.9 Å². The summed E-state index contributed by atoms with van der Waals surface area (Å²) >= 11 is 0. The molecule has 0 saturated carbocycles. The molecule has 0 amide bonds. The van der Waals surface area contributed by atoms with Crippen LogP contribution in [-0.4, -0.2) is 13.6 Å². The first-order valence-corrected chi connectivity index (χ1v) is 5.72. The fraction of sp³-hybridized carbons (Fsp3) is 0.538. The van der Waals surface area contributed by atoms with E-state index in [9.17, 15) is 8.78 Å². The van der Waals surface area contributed by atoms with Gasteiger partial charge in [-0.05, 0) is 31.6 Å². The normalized spacial score (nSPS) is 11.8. The summed E-state index contributed by atoms with van der Waals surface area (Å²) < 4.78 is 27.3. The van der Waals surface area contributed by atoms with Crippen molar-refractivity contribution in [3.05, 3.63) is 35.4 Å². The second-order valence-electron chi connectivity index (χ2n) is 4.01. The lowest BCUT2D eigenvalue weighted by molar-refractivity contribution is -0.0140. The molecule has 0 radical (unpaired) electrons. The van der Waals surface area contributed by atoms with Crippen molar-refractivity contribution in [2.75, 3.05) is 13.6 Å². The maximum absolute atomic E-state index is 13.6. The van der Waals surface area contributed by atoms with Crippen molar-refractivity contribution in [1.82, 2.24) is 5.32 Å². The molecule has 1 nitrogen and oxygen atoms in total. The van der Waals surface area contributed by atoms with Gasteiger partial charge in [0, 0.05) is 12.0 Å². The third-order valence-electron chi connectivity index (χ3n) is 2.58. The van der Waals surface area contributed by atoms with Crippen LogP contribution in [0.25, 0.3) is 0 Å². The van der Waals surface area contributed by atoms with Crippen molar-refractivity contribution >= 4 is 0 Å². The molecule has 0 saturated heterocycles. The highest BCUT2D eigenvalue weighted by Gasteiger charge is 2.29. The van der Waals surface area contributed by atoms with Crippen LogP contribution in [0.4, 0.5) is 8.78 Å². The highest BCUT2D eigenvalue weighted by molar-refractivity contribution is 5.27. The van der Waals surface area contributed by atoms with E-state index >= 15 is 0 Å². The third kappa shape index (κ3) is 3.56. The molecule has 16 heavy (non-hydrogen) atoms. The average molecular weight is 227 g/mol. The SMILES string of the molecule is CCCC(F)(F)c1cccc(CCNC)c1. The van der Waals surface area contributed by atoms with Gasteiger partial charge in [0.1, 0.15) is 0 Å². The zero-order chi connectivity index (χ0) is 12.0. The molecule has 1 aromatic rings. The number of likely N-dealkylation sites (N-methyl/N-ethyl adjacent to an activating group) is 1. The van der Waals surface area contributed by atoms with Crippen LogP contribution < -0.4 is 5.32 Å². The van der Waals surface area contributed by atoms with Gasteiger partial charge in [0.2, 0.25) is 0 Å². The summed E-state index contributed by atoms with van der Waals surface area (Å²) in [5.41, 5.74) is 1.10. The fourth-order valence-electron chi connectivity index (χ4n) is 1.68. The van der Waals surface area contributed by atoms with E-state index in [0.717, 1.165) is 18.5 Å². The highest BCUT2D eigenvalue weighted by atomic mass is 19.3. The lowest BCUT2D eigenvalue weighted by atomic mass is 10.0. The number of halogens is 2. The monoisotopic (exact) mass is 227 g/mol. The van der Waals surface area contributed by atoms with Gasteiger partial charge in [-0.15, -0.1) is 0 Å². The Balaban J connectivity index is 2.80. The predicted molar refractivity (Wildman–Crippen MR) is 62.9 cm³/mol. The summed E-state index contributed by atoms with van der Waals surface area (Å²) in [5.74, 6) is -2.69. The molecule has 0 fully saturated rings. The molecule has 0 unspecified atom stereocenters. The summed E-state index contributed by atoms with van der Waals surface area (Å²) in [6.07, 6.45) is 1.20. The largest absolute Gasteiger partial charge is 0.319 e.